The summed E-state index contributed by atoms with van der Waals surface area (Å²) < 4.78 is 0. The third-order valence-corrected chi connectivity index (χ3v) is 2.30. The first-order chi connectivity index (χ1) is 5.81. The highest BCUT2D eigenvalue weighted by Gasteiger charge is 2.22. The largest absolute Gasteiger partial charge is 0.375 e. The maximum absolute atomic E-state index is 8.58. The Balaban J connectivity index is 2.70. The van der Waals surface area contributed by atoms with E-state index in [1.54, 1.807) is 0 Å². The molecule has 0 bridgehead atoms. The maximum atomic E-state index is 8.58. The average Bonchev–Trinajstić information content (AvgIpc) is 2.88. The molecule has 0 amide bonds. The van der Waals surface area contributed by atoms with E-state index in [2.05, 4.69) is 5.32 Å². The zero-order valence-corrected chi connectivity index (χ0v) is 7.61. The fraction of sp³-hybridized carbons (Fsp3) is 0.500. The highest BCUT2D eigenvalue weighted by Crippen LogP contribution is 2.24. The van der Waals surface area contributed by atoms with Crippen molar-refractivity contribution in [2.75, 3.05) is 6.26 Å². The molecule has 0 atom stereocenters. The van der Waals surface area contributed by atoms with Gasteiger partial charge in [-0.05, 0) is 19.1 Å². The van der Waals surface area contributed by atoms with E-state index >= 15 is 0 Å². The number of hydrogen-bond donors (Lipinski definition) is 1. The van der Waals surface area contributed by atoms with Crippen molar-refractivity contribution in [3.8, 4) is 12.1 Å². The van der Waals surface area contributed by atoms with Gasteiger partial charge in [0.15, 0.2) is 5.57 Å². The van der Waals surface area contributed by atoms with E-state index in [1.807, 2.05) is 18.4 Å². The third kappa shape index (κ3) is 2.18. The Bertz CT molecular complexity index is 262. The second kappa shape index (κ2) is 4.04. The van der Waals surface area contributed by atoms with Crippen LogP contribution >= 0.6 is 11.8 Å². The van der Waals surface area contributed by atoms with Crippen molar-refractivity contribution >= 4 is 11.8 Å². The van der Waals surface area contributed by atoms with Gasteiger partial charge in [-0.1, -0.05) is 0 Å². The van der Waals surface area contributed by atoms with E-state index in [4.69, 9.17) is 10.5 Å². The van der Waals surface area contributed by atoms with Crippen molar-refractivity contribution in [2.24, 2.45) is 0 Å². The highest BCUT2D eigenvalue weighted by molar-refractivity contribution is 8.02. The molecule has 0 aromatic carbocycles. The van der Waals surface area contributed by atoms with Crippen molar-refractivity contribution in [3.05, 3.63) is 10.6 Å². The average molecular weight is 179 g/mol. The highest BCUT2D eigenvalue weighted by atomic mass is 32.2. The number of nitrogens with one attached hydrogen (secondary N) is 1. The Kier molecular flexibility index (Phi) is 3.01. The summed E-state index contributed by atoms with van der Waals surface area (Å²) in [4.78, 5) is 0. The van der Waals surface area contributed by atoms with Crippen LogP contribution < -0.4 is 5.32 Å². The summed E-state index contributed by atoms with van der Waals surface area (Å²) in [6.45, 7) is 0. The zero-order chi connectivity index (χ0) is 8.97. The van der Waals surface area contributed by atoms with Crippen molar-refractivity contribution in [3.63, 3.8) is 0 Å². The van der Waals surface area contributed by atoms with Crippen LogP contribution in [-0.2, 0) is 0 Å². The van der Waals surface area contributed by atoms with E-state index in [9.17, 15) is 0 Å². The molecule has 0 spiro atoms. The van der Waals surface area contributed by atoms with Gasteiger partial charge in [-0.2, -0.15) is 10.5 Å². The Labute approximate surface area is 76.1 Å². The van der Waals surface area contributed by atoms with E-state index in [0.29, 0.717) is 11.1 Å². The summed E-state index contributed by atoms with van der Waals surface area (Å²) in [5.41, 5.74) is 0.189. The predicted molar refractivity (Wildman–Crippen MR) is 47.9 cm³/mol. The summed E-state index contributed by atoms with van der Waals surface area (Å²) in [7, 11) is 0. The molecule has 1 fully saturated rings. The third-order valence-electron chi connectivity index (χ3n) is 1.57. The minimum Gasteiger partial charge on any atom is -0.375 e. The molecule has 1 N–H and O–H groups in total. The number of hydrogen-bond acceptors (Lipinski definition) is 4. The summed E-state index contributed by atoms with van der Waals surface area (Å²) in [6.07, 6.45) is 4.15. The lowest BCUT2D eigenvalue weighted by molar-refractivity contribution is 0.846. The lowest BCUT2D eigenvalue weighted by Gasteiger charge is -2.05. The molecule has 3 nitrogen and oxygen atoms in total. The summed E-state index contributed by atoms with van der Waals surface area (Å²) in [5, 5.41) is 21.0. The standard InChI is InChI=1S/C8H9N3S/c1-12-8(6(4-9)5-10)11-7-2-3-7/h7,11H,2-3H2,1H3. The van der Waals surface area contributed by atoms with Crippen molar-refractivity contribution < 1.29 is 0 Å². The minimum absolute atomic E-state index is 0.189. The maximum Gasteiger partial charge on any atom is 0.159 e. The second-order valence-electron chi connectivity index (χ2n) is 2.55. The van der Waals surface area contributed by atoms with Crippen LogP contribution in [-0.4, -0.2) is 12.3 Å². The predicted octanol–water partition coefficient (Wildman–Crippen LogP) is 1.36. The van der Waals surface area contributed by atoms with Gasteiger partial charge in [0, 0.05) is 6.04 Å². The zero-order valence-electron chi connectivity index (χ0n) is 6.79. The second-order valence-corrected chi connectivity index (χ2v) is 3.37. The van der Waals surface area contributed by atoms with Gasteiger partial charge < -0.3 is 5.32 Å². The molecule has 62 valence electrons. The van der Waals surface area contributed by atoms with Crippen LogP contribution in [0.25, 0.3) is 0 Å². The van der Waals surface area contributed by atoms with Crippen molar-refractivity contribution in [2.45, 2.75) is 18.9 Å². The molecule has 4 heteroatoms. The molecule has 0 radical (unpaired) electrons. The van der Waals surface area contributed by atoms with Crippen LogP contribution in [0.5, 0.6) is 0 Å². The Morgan fingerprint density at radius 3 is 2.33 bits per heavy atom. The van der Waals surface area contributed by atoms with Crippen LogP contribution in [0.2, 0.25) is 0 Å². The van der Waals surface area contributed by atoms with Gasteiger partial charge in [-0.3, -0.25) is 0 Å². The van der Waals surface area contributed by atoms with Gasteiger partial charge in [-0.15, -0.1) is 11.8 Å². The molecule has 0 heterocycles. The molecule has 1 aliphatic carbocycles. The molecule has 0 aromatic heterocycles. The van der Waals surface area contributed by atoms with E-state index in [-0.39, 0.29) is 5.57 Å². The smallest absolute Gasteiger partial charge is 0.159 e. The van der Waals surface area contributed by atoms with Crippen LogP contribution in [0.4, 0.5) is 0 Å². The molecule has 0 aromatic rings. The molecular formula is C8H9N3S. The fourth-order valence-electron chi connectivity index (χ4n) is 0.773. The Morgan fingerprint density at radius 2 is 2.00 bits per heavy atom. The lowest BCUT2D eigenvalue weighted by Crippen LogP contribution is -2.14. The van der Waals surface area contributed by atoms with Gasteiger partial charge in [0.25, 0.3) is 0 Å². The number of rotatable bonds is 3. The quantitative estimate of drug-likeness (QED) is 0.664. The molecule has 1 saturated carbocycles. The number of allylic oxidation sites excluding steroid dienone is 1. The van der Waals surface area contributed by atoms with Gasteiger partial charge in [0.05, 0.1) is 5.03 Å². The summed E-state index contributed by atoms with van der Waals surface area (Å²) in [5.74, 6) is 0. The van der Waals surface area contributed by atoms with Crippen molar-refractivity contribution in [1.82, 2.24) is 5.32 Å². The number of thioether (sulfide) groups is 1. The Hall–Kier alpha value is -1.13. The normalized spacial score (nSPS) is 14.2. The summed E-state index contributed by atoms with van der Waals surface area (Å²) >= 11 is 1.42. The molecule has 0 unspecified atom stereocenters. The topological polar surface area (TPSA) is 59.6 Å². The van der Waals surface area contributed by atoms with Crippen molar-refractivity contribution in [1.29, 1.82) is 10.5 Å². The first-order valence-electron chi connectivity index (χ1n) is 3.66. The van der Waals surface area contributed by atoms with Gasteiger partial charge in [0.2, 0.25) is 0 Å². The van der Waals surface area contributed by atoms with Crippen LogP contribution in [0.3, 0.4) is 0 Å². The monoisotopic (exact) mass is 179 g/mol. The number of nitriles is 2. The lowest BCUT2D eigenvalue weighted by atomic mass is 10.3. The molecule has 0 aliphatic heterocycles. The van der Waals surface area contributed by atoms with Gasteiger partial charge in [-0.25, -0.2) is 0 Å². The fourth-order valence-corrected chi connectivity index (χ4v) is 1.35. The van der Waals surface area contributed by atoms with Gasteiger partial charge in [0.1, 0.15) is 12.1 Å². The molecule has 12 heavy (non-hydrogen) atoms. The van der Waals surface area contributed by atoms with Crippen LogP contribution in [0.15, 0.2) is 10.6 Å². The van der Waals surface area contributed by atoms with E-state index < -0.39 is 0 Å². The molecule has 1 rings (SSSR count). The first kappa shape index (κ1) is 8.96. The van der Waals surface area contributed by atoms with Crippen LogP contribution in [0.1, 0.15) is 12.8 Å². The van der Waals surface area contributed by atoms with Crippen LogP contribution in [0, 0.1) is 22.7 Å². The summed E-state index contributed by atoms with van der Waals surface area (Å²) in [6, 6.07) is 4.23. The molecule has 1 aliphatic rings. The van der Waals surface area contributed by atoms with E-state index in [0.717, 1.165) is 12.8 Å². The SMILES string of the molecule is CSC(NC1CC1)=C(C#N)C#N. The van der Waals surface area contributed by atoms with Gasteiger partial charge >= 0.3 is 0 Å². The Morgan fingerprint density at radius 1 is 1.42 bits per heavy atom. The number of nitrogens with zero attached hydrogens (tertiary/aromatic N) is 2. The van der Waals surface area contributed by atoms with E-state index in [1.165, 1.54) is 11.8 Å². The first-order valence-corrected chi connectivity index (χ1v) is 4.89. The molecular weight excluding hydrogens is 170 g/mol. The minimum atomic E-state index is 0.189. The molecule has 0 saturated heterocycles.